The third-order valence-corrected chi connectivity index (χ3v) is 1.77. The van der Waals surface area contributed by atoms with E-state index >= 15 is 0 Å². The average molecular weight is 139 g/mol. The largest absolute Gasteiger partial charge is 0.406 e. The molecule has 1 aliphatic carbocycles. The highest BCUT2D eigenvalue weighted by Gasteiger charge is 2.62. The first-order valence-corrected chi connectivity index (χ1v) is 2.77. The van der Waals surface area contributed by atoms with E-state index in [1.807, 2.05) is 0 Å². The van der Waals surface area contributed by atoms with Gasteiger partial charge in [-0.3, -0.25) is 0 Å². The van der Waals surface area contributed by atoms with Gasteiger partial charge in [0.25, 0.3) is 0 Å². The van der Waals surface area contributed by atoms with E-state index in [1.165, 1.54) is 7.05 Å². The lowest BCUT2D eigenvalue weighted by Crippen LogP contribution is -2.42. The van der Waals surface area contributed by atoms with E-state index in [4.69, 9.17) is 0 Å². The quantitative estimate of drug-likeness (QED) is 0.577. The van der Waals surface area contributed by atoms with Crippen LogP contribution in [-0.2, 0) is 0 Å². The minimum absolute atomic E-state index is 0.229. The molecule has 0 bridgehead atoms. The van der Waals surface area contributed by atoms with Crippen molar-refractivity contribution < 1.29 is 13.2 Å². The van der Waals surface area contributed by atoms with Gasteiger partial charge in [-0.25, -0.2) is 0 Å². The zero-order valence-corrected chi connectivity index (χ0v) is 5.05. The molecule has 0 radical (unpaired) electrons. The minimum atomic E-state index is -4.05. The maximum Gasteiger partial charge on any atom is 0.406 e. The lowest BCUT2D eigenvalue weighted by atomic mass is 10.3. The molecule has 1 fully saturated rings. The Labute approximate surface area is 51.2 Å². The third kappa shape index (κ3) is 0.913. The van der Waals surface area contributed by atoms with Crippen LogP contribution < -0.4 is 5.32 Å². The maximum atomic E-state index is 11.8. The predicted molar refractivity (Wildman–Crippen MR) is 27.1 cm³/mol. The maximum absolute atomic E-state index is 11.8. The van der Waals surface area contributed by atoms with Crippen LogP contribution in [0.15, 0.2) is 0 Å². The van der Waals surface area contributed by atoms with Gasteiger partial charge in [-0.2, -0.15) is 13.2 Å². The van der Waals surface area contributed by atoms with Gasteiger partial charge in [-0.05, 0) is 19.9 Å². The molecule has 1 saturated carbocycles. The summed E-state index contributed by atoms with van der Waals surface area (Å²) in [5.74, 6) is 0. The van der Waals surface area contributed by atoms with E-state index in [9.17, 15) is 13.2 Å². The van der Waals surface area contributed by atoms with Crippen LogP contribution >= 0.6 is 0 Å². The van der Waals surface area contributed by atoms with Crippen LogP contribution in [0.4, 0.5) is 13.2 Å². The van der Waals surface area contributed by atoms with Gasteiger partial charge in [0.1, 0.15) is 5.54 Å². The topological polar surface area (TPSA) is 12.0 Å². The van der Waals surface area contributed by atoms with E-state index in [0.717, 1.165) is 0 Å². The third-order valence-electron chi connectivity index (χ3n) is 1.77. The summed E-state index contributed by atoms with van der Waals surface area (Å²) in [6.07, 6.45) is -3.60. The van der Waals surface area contributed by atoms with E-state index in [1.54, 1.807) is 0 Å². The van der Waals surface area contributed by atoms with Crippen molar-refractivity contribution in [1.29, 1.82) is 0 Å². The number of nitrogens with one attached hydrogen (secondary N) is 1. The summed E-state index contributed by atoms with van der Waals surface area (Å²) < 4.78 is 35.5. The fourth-order valence-corrected chi connectivity index (χ4v) is 0.800. The fraction of sp³-hybridized carbons (Fsp3) is 1.00. The zero-order valence-electron chi connectivity index (χ0n) is 5.05. The Bertz CT molecular complexity index is 114. The van der Waals surface area contributed by atoms with Gasteiger partial charge in [-0.15, -0.1) is 0 Å². The normalized spacial score (nSPS) is 24.0. The molecule has 0 heterocycles. The highest BCUT2D eigenvalue weighted by atomic mass is 19.4. The monoisotopic (exact) mass is 139 g/mol. The van der Waals surface area contributed by atoms with Crippen molar-refractivity contribution >= 4 is 0 Å². The summed E-state index contributed by atoms with van der Waals surface area (Å²) in [6, 6.07) is 0. The first-order chi connectivity index (χ1) is 4.02. The van der Waals surface area contributed by atoms with Crippen molar-refractivity contribution in [3.63, 3.8) is 0 Å². The Balaban J connectivity index is 2.60. The van der Waals surface area contributed by atoms with Crippen molar-refractivity contribution in [2.45, 2.75) is 24.6 Å². The average Bonchev–Trinajstić information content (AvgIpc) is 2.40. The number of halogens is 3. The molecule has 0 amide bonds. The van der Waals surface area contributed by atoms with Gasteiger partial charge in [-0.1, -0.05) is 0 Å². The van der Waals surface area contributed by atoms with Crippen molar-refractivity contribution in [1.82, 2.24) is 5.32 Å². The highest BCUT2D eigenvalue weighted by Crippen LogP contribution is 2.48. The van der Waals surface area contributed by atoms with Gasteiger partial charge in [0, 0.05) is 0 Å². The number of alkyl halides is 3. The van der Waals surface area contributed by atoms with Crippen LogP contribution in [0.2, 0.25) is 0 Å². The molecule has 0 spiro atoms. The van der Waals surface area contributed by atoms with Crippen LogP contribution in [0.1, 0.15) is 12.8 Å². The molecule has 1 nitrogen and oxygen atoms in total. The standard InChI is InChI=1S/C5H8F3N/c1-9-4(2-3-4)5(6,7)8/h9H,2-3H2,1H3. The van der Waals surface area contributed by atoms with Gasteiger partial charge >= 0.3 is 6.18 Å². The second-order valence-corrected chi connectivity index (χ2v) is 2.33. The Kier molecular flexibility index (Phi) is 1.24. The molecule has 4 heteroatoms. The second kappa shape index (κ2) is 1.62. The predicted octanol–water partition coefficient (Wildman–Crippen LogP) is 1.30. The highest BCUT2D eigenvalue weighted by molar-refractivity contribution is 5.06. The minimum Gasteiger partial charge on any atom is -0.307 e. The zero-order chi connectivity index (χ0) is 7.12. The SMILES string of the molecule is CNC1(C(F)(F)F)CC1. The van der Waals surface area contributed by atoms with Crippen LogP contribution in [0.25, 0.3) is 0 Å². The van der Waals surface area contributed by atoms with Crippen LogP contribution in [-0.4, -0.2) is 18.8 Å². The van der Waals surface area contributed by atoms with Gasteiger partial charge in [0.2, 0.25) is 0 Å². The van der Waals surface area contributed by atoms with Crippen LogP contribution in [0.3, 0.4) is 0 Å². The Morgan fingerprint density at radius 2 is 1.78 bits per heavy atom. The first-order valence-electron chi connectivity index (χ1n) is 2.77. The van der Waals surface area contributed by atoms with Gasteiger partial charge < -0.3 is 5.32 Å². The molecule has 0 aromatic carbocycles. The summed E-state index contributed by atoms with van der Waals surface area (Å²) in [5, 5.41) is 2.27. The smallest absolute Gasteiger partial charge is 0.307 e. The summed E-state index contributed by atoms with van der Waals surface area (Å²) in [7, 11) is 1.35. The Morgan fingerprint density at radius 3 is 1.78 bits per heavy atom. The van der Waals surface area contributed by atoms with Crippen molar-refractivity contribution in [3.8, 4) is 0 Å². The van der Waals surface area contributed by atoms with Gasteiger partial charge in [0.15, 0.2) is 0 Å². The molecule has 0 atom stereocenters. The molecule has 1 N–H and O–H groups in total. The second-order valence-electron chi connectivity index (χ2n) is 2.33. The molecule has 1 rings (SSSR count). The fourth-order valence-electron chi connectivity index (χ4n) is 0.800. The number of rotatable bonds is 1. The van der Waals surface area contributed by atoms with E-state index in [-0.39, 0.29) is 12.8 Å². The molecular formula is C5H8F3N. The molecule has 0 aromatic rings. The molecule has 0 aromatic heterocycles. The lowest BCUT2D eigenvalue weighted by Gasteiger charge is -2.17. The van der Waals surface area contributed by atoms with Crippen molar-refractivity contribution in [2.75, 3.05) is 7.05 Å². The van der Waals surface area contributed by atoms with Crippen molar-refractivity contribution in [2.24, 2.45) is 0 Å². The molecule has 0 unspecified atom stereocenters. The lowest BCUT2D eigenvalue weighted by molar-refractivity contribution is -0.164. The van der Waals surface area contributed by atoms with Crippen LogP contribution in [0, 0.1) is 0 Å². The van der Waals surface area contributed by atoms with Crippen molar-refractivity contribution in [3.05, 3.63) is 0 Å². The molecule has 9 heavy (non-hydrogen) atoms. The molecular weight excluding hydrogens is 131 g/mol. The van der Waals surface area contributed by atoms with Gasteiger partial charge in [0.05, 0.1) is 0 Å². The number of hydrogen-bond donors (Lipinski definition) is 1. The summed E-state index contributed by atoms with van der Waals surface area (Å²) >= 11 is 0. The molecule has 54 valence electrons. The van der Waals surface area contributed by atoms with E-state index in [2.05, 4.69) is 5.32 Å². The Morgan fingerprint density at radius 1 is 1.33 bits per heavy atom. The molecule has 1 aliphatic rings. The van der Waals surface area contributed by atoms with E-state index < -0.39 is 11.7 Å². The summed E-state index contributed by atoms with van der Waals surface area (Å²) in [4.78, 5) is 0. The first kappa shape index (κ1) is 6.86. The molecule has 0 aliphatic heterocycles. The van der Waals surface area contributed by atoms with Crippen LogP contribution in [0.5, 0.6) is 0 Å². The summed E-state index contributed by atoms with van der Waals surface area (Å²) in [5.41, 5.74) is -1.52. The Hall–Kier alpha value is -0.250. The number of hydrogen-bond acceptors (Lipinski definition) is 1. The van der Waals surface area contributed by atoms with E-state index in [0.29, 0.717) is 0 Å². The molecule has 0 saturated heterocycles. The summed E-state index contributed by atoms with van der Waals surface area (Å²) in [6.45, 7) is 0.